The number of carbonyl (C=O) groups excluding carboxylic acids is 1. The number of amides is 1. The number of ether oxygens (including phenoxy) is 2. The van der Waals surface area contributed by atoms with Crippen molar-refractivity contribution >= 4 is 33.6 Å². The number of carbonyl (C=O) groups is 1. The summed E-state index contributed by atoms with van der Waals surface area (Å²) in [6, 6.07) is 18.6. The van der Waals surface area contributed by atoms with Gasteiger partial charge >= 0.3 is 6.18 Å². The van der Waals surface area contributed by atoms with Gasteiger partial charge in [0, 0.05) is 10.0 Å². The SMILES string of the molecule is COc1cccc(/C=C(/C#N)C(=O)Nc2ccccc2C(F)(F)F)c1OCc1ccc(Br)cc1. The van der Waals surface area contributed by atoms with Crippen molar-refractivity contribution in [3.63, 3.8) is 0 Å². The number of rotatable bonds is 7. The van der Waals surface area contributed by atoms with Crippen LogP contribution < -0.4 is 14.8 Å². The fourth-order valence-electron chi connectivity index (χ4n) is 3.03. The van der Waals surface area contributed by atoms with E-state index in [2.05, 4.69) is 21.2 Å². The second-order valence-electron chi connectivity index (χ2n) is 6.96. The van der Waals surface area contributed by atoms with Gasteiger partial charge in [-0.15, -0.1) is 0 Å². The highest BCUT2D eigenvalue weighted by Crippen LogP contribution is 2.36. The highest BCUT2D eigenvalue weighted by molar-refractivity contribution is 9.10. The lowest BCUT2D eigenvalue weighted by molar-refractivity contribution is -0.137. The number of nitriles is 1. The van der Waals surface area contributed by atoms with E-state index in [1.54, 1.807) is 24.3 Å². The largest absolute Gasteiger partial charge is 0.493 e. The molecule has 0 saturated carbocycles. The summed E-state index contributed by atoms with van der Waals surface area (Å²) in [4.78, 5) is 12.7. The quantitative estimate of drug-likeness (QED) is 0.276. The second-order valence-corrected chi connectivity index (χ2v) is 7.88. The molecule has 174 valence electrons. The zero-order chi connectivity index (χ0) is 24.7. The molecule has 9 heteroatoms. The first-order valence-electron chi connectivity index (χ1n) is 9.86. The zero-order valence-electron chi connectivity index (χ0n) is 17.8. The van der Waals surface area contributed by atoms with Crippen LogP contribution in [0.15, 0.2) is 76.8 Å². The van der Waals surface area contributed by atoms with Gasteiger partial charge in [0.25, 0.3) is 5.91 Å². The molecule has 0 atom stereocenters. The lowest BCUT2D eigenvalue weighted by Gasteiger charge is -2.15. The van der Waals surface area contributed by atoms with Gasteiger partial charge < -0.3 is 14.8 Å². The third kappa shape index (κ3) is 6.17. The first-order chi connectivity index (χ1) is 16.2. The molecule has 0 unspecified atom stereocenters. The Kier molecular flexibility index (Phi) is 7.97. The molecule has 1 N–H and O–H groups in total. The van der Waals surface area contributed by atoms with E-state index in [4.69, 9.17) is 9.47 Å². The topological polar surface area (TPSA) is 71.3 Å². The van der Waals surface area contributed by atoms with Crippen LogP contribution in [0.2, 0.25) is 0 Å². The van der Waals surface area contributed by atoms with E-state index >= 15 is 0 Å². The van der Waals surface area contributed by atoms with Gasteiger partial charge in [0.1, 0.15) is 18.2 Å². The number of nitrogens with zero attached hydrogens (tertiary/aromatic N) is 1. The Bertz CT molecular complexity index is 1250. The molecule has 3 rings (SSSR count). The van der Waals surface area contributed by atoms with Crippen LogP contribution in [0, 0.1) is 11.3 Å². The van der Waals surface area contributed by atoms with Crippen molar-refractivity contribution in [2.24, 2.45) is 0 Å². The number of halogens is 4. The minimum absolute atomic E-state index is 0.182. The number of alkyl halides is 3. The second kappa shape index (κ2) is 10.9. The van der Waals surface area contributed by atoms with Crippen molar-refractivity contribution in [2.75, 3.05) is 12.4 Å². The van der Waals surface area contributed by atoms with Gasteiger partial charge in [0.15, 0.2) is 11.5 Å². The summed E-state index contributed by atoms with van der Waals surface area (Å²) in [5.74, 6) is -0.337. The van der Waals surface area contributed by atoms with E-state index in [9.17, 15) is 23.2 Å². The van der Waals surface area contributed by atoms with Crippen molar-refractivity contribution < 1.29 is 27.4 Å². The van der Waals surface area contributed by atoms with Gasteiger partial charge in [0.2, 0.25) is 0 Å². The van der Waals surface area contributed by atoms with Crippen LogP contribution in [0.25, 0.3) is 6.08 Å². The summed E-state index contributed by atoms with van der Waals surface area (Å²) < 4.78 is 51.9. The van der Waals surface area contributed by atoms with Gasteiger partial charge in [-0.25, -0.2) is 0 Å². The summed E-state index contributed by atoms with van der Waals surface area (Å²) in [6.07, 6.45) is -3.42. The highest BCUT2D eigenvalue weighted by atomic mass is 79.9. The molecule has 0 heterocycles. The monoisotopic (exact) mass is 530 g/mol. The number of anilines is 1. The highest BCUT2D eigenvalue weighted by Gasteiger charge is 2.33. The molecule has 1 amide bonds. The van der Waals surface area contributed by atoms with Gasteiger partial charge in [-0.1, -0.05) is 52.3 Å². The third-order valence-electron chi connectivity index (χ3n) is 4.67. The molecule has 0 saturated heterocycles. The summed E-state index contributed by atoms with van der Waals surface area (Å²) >= 11 is 3.36. The van der Waals surface area contributed by atoms with Crippen molar-refractivity contribution in [1.82, 2.24) is 0 Å². The molecule has 0 radical (unpaired) electrons. The molecule has 0 aromatic heterocycles. The Morgan fingerprint density at radius 3 is 2.44 bits per heavy atom. The minimum atomic E-state index is -4.67. The van der Waals surface area contributed by atoms with Crippen LogP contribution >= 0.6 is 15.9 Å². The number of benzene rings is 3. The number of hydrogen-bond acceptors (Lipinski definition) is 4. The molecule has 0 spiro atoms. The fourth-order valence-corrected chi connectivity index (χ4v) is 3.30. The number of para-hydroxylation sites is 2. The minimum Gasteiger partial charge on any atom is -0.493 e. The van der Waals surface area contributed by atoms with Gasteiger partial charge in [-0.3, -0.25) is 4.79 Å². The molecule has 5 nitrogen and oxygen atoms in total. The van der Waals surface area contributed by atoms with E-state index in [-0.39, 0.29) is 12.4 Å². The first-order valence-corrected chi connectivity index (χ1v) is 10.7. The van der Waals surface area contributed by atoms with Crippen LogP contribution in [0.4, 0.5) is 18.9 Å². The maximum atomic E-state index is 13.2. The standard InChI is InChI=1S/C25H18BrF3N2O3/c1-33-22-8-4-5-17(23(22)34-15-16-9-11-19(26)12-10-16)13-18(14-30)24(32)31-21-7-3-2-6-20(21)25(27,28)29/h2-13H,15H2,1H3,(H,31,32)/b18-13-. The molecule has 0 aliphatic carbocycles. The third-order valence-corrected chi connectivity index (χ3v) is 5.20. The van der Waals surface area contributed by atoms with E-state index in [1.807, 2.05) is 24.3 Å². The van der Waals surface area contributed by atoms with Crippen molar-refractivity contribution in [1.29, 1.82) is 5.26 Å². The predicted molar refractivity (Wildman–Crippen MR) is 125 cm³/mol. The van der Waals surface area contributed by atoms with E-state index in [0.29, 0.717) is 11.3 Å². The van der Waals surface area contributed by atoms with Gasteiger partial charge in [-0.05, 0) is 42.0 Å². The average Bonchev–Trinajstić information content (AvgIpc) is 2.82. The predicted octanol–water partition coefficient (Wildman–Crippen LogP) is 6.60. The number of methoxy groups -OCH3 is 1. The first kappa shape index (κ1) is 24.9. The maximum absolute atomic E-state index is 13.2. The number of hydrogen-bond donors (Lipinski definition) is 1. The van der Waals surface area contributed by atoms with Crippen LogP contribution in [0.1, 0.15) is 16.7 Å². The Labute approximate surface area is 202 Å². The van der Waals surface area contributed by atoms with E-state index in [1.165, 1.54) is 25.3 Å². The Morgan fingerprint density at radius 1 is 1.09 bits per heavy atom. The normalized spacial score (nSPS) is 11.5. The Hall–Kier alpha value is -3.77. The number of nitrogens with one attached hydrogen (secondary N) is 1. The average molecular weight is 531 g/mol. The Balaban J connectivity index is 1.90. The van der Waals surface area contributed by atoms with Crippen LogP contribution in [-0.2, 0) is 17.6 Å². The molecule has 0 bridgehead atoms. The van der Waals surface area contributed by atoms with Crippen LogP contribution in [0.3, 0.4) is 0 Å². The van der Waals surface area contributed by atoms with Crippen molar-refractivity contribution in [3.05, 3.63) is 93.5 Å². The Morgan fingerprint density at radius 2 is 1.79 bits per heavy atom. The lowest BCUT2D eigenvalue weighted by Crippen LogP contribution is -2.17. The summed E-state index contributed by atoms with van der Waals surface area (Å²) in [5, 5.41) is 11.7. The lowest BCUT2D eigenvalue weighted by atomic mass is 10.1. The molecule has 34 heavy (non-hydrogen) atoms. The molecular formula is C25H18BrF3N2O3. The van der Waals surface area contributed by atoms with Crippen molar-refractivity contribution in [2.45, 2.75) is 12.8 Å². The molecular weight excluding hydrogens is 513 g/mol. The molecule has 3 aromatic carbocycles. The van der Waals surface area contributed by atoms with Crippen LogP contribution in [0.5, 0.6) is 11.5 Å². The van der Waals surface area contributed by atoms with E-state index < -0.39 is 28.9 Å². The van der Waals surface area contributed by atoms with E-state index in [0.717, 1.165) is 22.2 Å². The van der Waals surface area contributed by atoms with Crippen LogP contribution in [-0.4, -0.2) is 13.0 Å². The summed E-state index contributed by atoms with van der Waals surface area (Å²) in [6.45, 7) is 0.182. The summed E-state index contributed by atoms with van der Waals surface area (Å²) in [5.41, 5.74) is -0.643. The summed E-state index contributed by atoms with van der Waals surface area (Å²) in [7, 11) is 1.45. The van der Waals surface area contributed by atoms with Gasteiger partial charge in [-0.2, -0.15) is 18.4 Å². The molecule has 0 aliphatic heterocycles. The van der Waals surface area contributed by atoms with Gasteiger partial charge in [0.05, 0.1) is 18.4 Å². The smallest absolute Gasteiger partial charge is 0.418 e. The molecule has 0 fully saturated rings. The molecule has 3 aromatic rings. The zero-order valence-corrected chi connectivity index (χ0v) is 19.4. The fraction of sp³-hybridized carbons (Fsp3) is 0.120. The molecule has 0 aliphatic rings. The maximum Gasteiger partial charge on any atom is 0.418 e. The van der Waals surface area contributed by atoms with Crippen molar-refractivity contribution in [3.8, 4) is 17.6 Å².